The molecule has 1 fully saturated rings. The molecule has 0 aliphatic carbocycles. The summed E-state index contributed by atoms with van der Waals surface area (Å²) in [4.78, 5) is 49.4. The number of carboxylic acid groups (broad SMARTS) is 1. The molecule has 2 unspecified atom stereocenters. The number of nitro benzene ring substituents is 1. The Labute approximate surface area is 246 Å². The van der Waals surface area contributed by atoms with Crippen molar-refractivity contribution in [2.75, 3.05) is 13.1 Å². The van der Waals surface area contributed by atoms with Gasteiger partial charge in [0, 0.05) is 36.9 Å². The molecule has 1 saturated heterocycles. The van der Waals surface area contributed by atoms with E-state index in [0.717, 1.165) is 30.3 Å². The van der Waals surface area contributed by atoms with E-state index in [1.165, 1.54) is 12.1 Å². The normalized spacial score (nSPS) is 16.1. The van der Waals surface area contributed by atoms with Crippen LogP contribution in [0.15, 0.2) is 65.6 Å². The standard InChI is InChI=1S/C26H20ClF3N4O8S/c27-20-12-19(4-5-21(20)30)43(41,42)33-7-6-32(26(38)15-8-16(28)11-17(29)9-15)25(33)24(37)31-22(13-23(35)36)14-2-1-3-18(10-14)34(39)40/h1-5,8-12,22,25H,6-7,13H2,(H,31,37)(H,35,36). The second-order valence-corrected chi connectivity index (χ2v) is 11.5. The Balaban J connectivity index is 1.78. The molecule has 3 aromatic rings. The van der Waals surface area contributed by atoms with E-state index < -0.39 is 103 Å². The maximum Gasteiger partial charge on any atom is 0.305 e. The zero-order chi connectivity index (χ0) is 31.6. The van der Waals surface area contributed by atoms with Crippen molar-refractivity contribution in [3.63, 3.8) is 0 Å². The van der Waals surface area contributed by atoms with Crippen LogP contribution < -0.4 is 5.32 Å². The van der Waals surface area contributed by atoms with Crippen LogP contribution in [-0.2, 0) is 19.6 Å². The van der Waals surface area contributed by atoms with E-state index >= 15 is 0 Å². The first-order valence-corrected chi connectivity index (χ1v) is 14.0. The van der Waals surface area contributed by atoms with Gasteiger partial charge in [-0.2, -0.15) is 4.31 Å². The Hall–Kier alpha value is -4.54. The predicted molar refractivity (Wildman–Crippen MR) is 143 cm³/mol. The van der Waals surface area contributed by atoms with Gasteiger partial charge in [-0.1, -0.05) is 23.7 Å². The number of non-ortho nitro benzene ring substituents is 1. The molecular formula is C26H20ClF3N4O8S. The molecule has 0 radical (unpaired) electrons. The topological polar surface area (TPSA) is 167 Å². The van der Waals surface area contributed by atoms with Gasteiger partial charge in [0.15, 0.2) is 6.17 Å². The van der Waals surface area contributed by atoms with Crippen molar-refractivity contribution >= 4 is 45.1 Å². The second kappa shape index (κ2) is 12.4. The first-order chi connectivity index (χ1) is 20.2. The first-order valence-electron chi connectivity index (χ1n) is 12.2. The fraction of sp³-hybridized carbons (Fsp3) is 0.192. The molecule has 0 bridgehead atoms. The number of carboxylic acids is 1. The summed E-state index contributed by atoms with van der Waals surface area (Å²) in [6.45, 7) is -0.969. The molecule has 3 aromatic carbocycles. The lowest BCUT2D eigenvalue weighted by Crippen LogP contribution is -2.54. The van der Waals surface area contributed by atoms with Gasteiger partial charge >= 0.3 is 5.97 Å². The summed E-state index contributed by atoms with van der Waals surface area (Å²) in [5, 5.41) is 22.5. The highest BCUT2D eigenvalue weighted by atomic mass is 35.5. The van der Waals surface area contributed by atoms with Crippen LogP contribution in [0.1, 0.15) is 28.4 Å². The quantitative estimate of drug-likeness (QED) is 0.265. The number of nitrogens with zero attached hydrogens (tertiary/aromatic N) is 3. The molecule has 0 saturated carbocycles. The average Bonchev–Trinajstić information content (AvgIpc) is 3.39. The van der Waals surface area contributed by atoms with E-state index in [9.17, 15) is 51.2 Å². The highest BCUT2D eigenvalue weighted by Crippen LogP contribution is 2.30. The second-order valence-electron chi connectivity index (χ2n) is 9.23. The van der Waals surface area contributed by atoms with Gasteiger partial charge in [-0.3, -0.25) is 24.5 Å². The molecule has 2 amide bonds. The van der Waals surface area contributed by atoms with Crippen molar-refractivity contribution in [1.29, 1.82) is 0 Å². The molecule has 43 heavy (non-hydrogen) atoms. The number of nitrogens with one attached hydrogen (secondary N) is 1. The predicted octanol–water partition coefficient (Wildman–Crippen LogP) is 3.47. The van der Waals surface area contributed by atoms with Crippen LogP contribution in [-0.4, -0.2) is 64.7 Å². The molecule has 226 valence electrons. The van der Waals surface area contributed by atoms with Gasteiger partial charge < -0.3 is 15.3 Å². The summed E-state index contributed by atoms with van der Waals surface area (Å²) in [5.41, 5.74) is -1.00. The number of nitro groups is 1. The van der Waals surface area contributed by atoms with Crippen molar-refractivity contribution in [3.05, 3.63) is 104 Å². The highest BCUT2D eigenvalue weighted by Gasteiger charge is 2.47. The Morgan fingerprint density at radius 3 is 2.33 bits per heavy atom. The Morgan fingerprint density at radius 2 is 1.72 bits per heavy atom. The first kappa shape index (κ1) is 31.4. The minimum atomic E-state index is -4.70. The molecule has 12 nitrogen and oxygen atoms in total. The molecule has 17 heteroatoms. The van der Waals surface area contributed by atoms with Crippen LogP contribution in [0, 0.1) is 27.6 Å². The van der Waals surface area contributed by atoms with E-state index in [-0.39, 0.29) is 5.56 Å². The van der Waals surface area contributed by atoms with E-state index in [4.69, 9.17) is 11.6 Å². The number of hydrogen-bond donors (Lipinski definition) is 2. The third-order valence-corrected chi connectivity index (χ3v) is 8.55. The van der Waals surface area contributed by atoms with Crippen molar-refractivity contribution in [3.8, 4) is 0 Å². The maximum absolute atomic E-state index is 13.9. The monoisotopic (exact) mass is 640 g/mol. The number of hydrogen-bond acceptors (Lipinski definition) is 7. The van der Waals surface area contributed by atoms with Gasteiger partial charge in [0.05, 0.1) is 27.3 Å². The summed E-state index contributed by atoms with van der Waals surface area (Å²) in [7, 11) is -4.70. The van der Waals surface area contributed by atoms with Crippen LogP contribution in [0.5, 0.6) is 0 Å². The maximum atomic E-state index is 13.9. The fourth-order valence-corrected chi connectivity index (χ4v) is 6.30. The summed E-state index contributed by atoms with van der Waals surface area (Å²) >= 11 is 5.76. The number of sulfonamides is 1. The van der Waals surface area contributed by atoms with Gasteiger partial charge in [-0.25, -0.2) is 21.6 Å². The third kappa shape index (κ3) is 6.76. The third-order valence-electron chi connectivity index (χ3n) is 6.41. The summed E-state index contributed by atoms with van der Waals surface area (Å²) in [6, 6.07) is 7.49. The van der Waals surface area contributed by atoms with E-state index in [1.807, 2.05) is 0 Å². The molecule has 0 aromatic heterocycles. The highest BCUT2D eigenvalue weighted by molar-refractivity contribution is 7.89. The number of carbonyl (C=O) groups is 3. The molecule has 1 aliphatic rings. The van der Waals surface area contributed by atoms with E-state index in [1.54, 1.807) is 0 Å². The van der Waals surface area contributed by atoms with Crippen molar-refractivity contribution < 1.29 is 46.0 Å². The van der Waals surface area contributed by atoms with E-state index in [0.29, 0.717) is 27.4 Å². The summed E-state index contributed by atoms with van der Waals surface area (Å²) in [5.74, 6) is -7.00. The zero-order valence-electron chi connectivity index (χ0n) is 21.6. The minimum absolute atomic E-state index is 0.0206. The van der Waals surface area contributed by atoms with Gasteiger partial charge in [-0.15, -0.1) is 0 Å². The number of aliphatic carboxylic acids is 1. The fourth-order valence-electron chi connectivity index (χ4n) is 4.49. The average molecular weight is 641 g/mol. The molecule has 1 aliphatic heterocycles. The molecule has 0 spiro atoms. The number of benzene rings is 3. The number of halogens is 4. The van der Waals surface area contributed by atoms with Gasteiger partial charge in [0.25, 0.3) is 17.5 Å². The van der Waals surface area contributed by atoms with Crippen LogP contribution in [0.3, 0.4) is 0 Å². The zero-order valence-corrected chi connectivity index (χ0v) is 23.2. The Morgan fingerprint density at radius 1 is 1.05 bits per heavy atom. The Kier molecular flexibility index (Phi) is 9.03. The molecule has 2 N–H and O–H groups in total. The molecule has 2 atom stereocenters. The lowest BCUT2D eigenvalue weighted by Gasteiger charge is -2.30. The van der Waals surface area contributed by atoms with Crippen LogP contribution >= 0.6 is 11.6 Å². The van der Waals surface area contributed by atoms with Crippen molar-refractivity contribution in [2.45, 2.75) is 23.5 Å². The number of rotatable bonds is 9. The molecule has 4 rings (SSSR count). The van der Waals surface area contributed by atoms with Crippen molar-refractivity contribution in [1.82, 2.24) is 14.5 Å². The van der Waals surface area contributed by atoms with Crippen LogP contribution in [0.2, 0.25) is 5.02 Å². The van der Waals surface area contributed by atoms with E-state index in [2.05, 4.69) is 5.32 Å². The smallest absolute Gasteiger partial charge is 0.305 e. The van der Waals surface area contributed by atoms with Crippen LogP contribution in [0.4, 0.5) is 18.9 Å². The Bertz CT molecular complexity index is 1720. The lowest BCUT2D eigenvalue weighted by atomic mass is 10.0. The minimum Gasteiger partial charge on any atom is -0.481 e. The van der Waals surface area contributed by atoms with Crippen LogP contribution in [0.25, 0.3) is 0 Å². The number of carbonyl (C=O) groups excluding carboxylic acids is 2. The summed E-state index contributed by atoms with van der Waals surface area (Å²) < 4.78 is 69.4. The molecule has 1 heterocycles. The van der Waals surface area contributed by atoms with Gasteiger partial charge in [-0.05, 0) is 35.9 Å². The van der Waals surface area contributed by atoms with Crippen molar-refractivity contribution in [2.24, 2.45) is 0 Å². The largest absolute Gasteiger partial charge is 0.481 e. The van der Waals surface area contributed by atoms with Gasteiger partial charge in [0.1, 0.15) is 17.5 Å². The van der Waals surface area contributed by atoms with Gasteiger partial charge in [0.2, 0.25) is 10.0 Å². The SMILES string of the molecule is O=C(O)CC(NC(=O)C1N(C(=O)c2cc(F)cc(F)c2)CCN1S(=O)(=O)c1ccc(F)c(Cl)c1)c1cccc([N+](=O)[O-])c1. The molecular weight excluding hydrogens is 621 g/mol. The lowest BCUT2D eigenvalue weighted by molar-refractivity contribution is -0.384. The number of amides is 2. The summed E-state index contributed by atoms with van der Waals surface area (Å²) in [6.07, 6.45) is -2.84.